The molecule has 2 aliphatic heterocycles. The van der Waals surface area contributed by atoms with Crippen LogP contribution in [0.15, 0.2) is 42.5 Å². The van der Waals surface area contributed by atoms with Crippen LogP contribution in [0.25, 0.3) is 0 Å². The second-order valence-electron chi connectivity index (χ2n) is 9.42. The molecule has 8 heteroatoms. The van der Waals surface area contributed by atoms with Gasteiger partial charge in [0.05, 0.1) is 25.4 Å². The fourth-order valence-corrected chi connectivity index (χ4v) is 4.74. The summed E-state index contributed by atoms with van der Waals surface area (Å²) in [5.74, 6) is -0.743. The van der Waals surface area contributed by atoms with Crippen molar-refractivity contribution >= 4 is 23.5 Å². The molecule has 2 heterocycles. The van der Waals surface area contributed by atoms with Crippen LogP contribution in [-0.4, -0.2) is 49.6 Å². The zero-order chi connectivity index (χ0) is 25.0. The lowest BCUT2D eigenvalue weighted by Crippen LogP contribution is -2.47. The molecule has 2 aromatic rings. The number of hydrogen-bond acceptors (Lipinski definition) is 6. The van der Waals surface area contributed by atoms with Crippen LogP contribution in [0.3, 0.4) is 0 Å². The van der Waals surface area contributed by atoms with Gasteiger partial charge in [-0.05, 0) is 34.7 Å². The molecule has 2 fully saturated rings. The molecule has 0 spiro atoms. The maximum absolute atomic E-state index is 14.3. The van der Waals surface area contributed by atoms with Gasteiger partial charge in [-0.1, -0.05) is 48.0 Å². The smallest absolute Gasteiger partial charge is 0.302 e. The van der Waals surface area contributed by atoms with Crippen molar-refractivity contribution in [2.45, 2.75) is 63.5 Å². The Balaban J connectivity index is 1.46. The topological polar surface area (TPSA) is 71.1 Å². The number of esters is 2. The Kier molecular flexibility index (Phi) is 8.09. The first kappa shape index (κ1) is 25.6. The first-order valence-corrected chi connectivity index (χ1v) is 12.2. The van der Waals surface area contributed by atoms with E-state index >= 15 is 0 Å². The molecule has 0 bridgehead atoms. The molecule has 0 aliphatic carbocycles. The number of alkyl halides is 1. The number of carbonyl (C=O) groups is 2. The highest BCUT2D eigenvalue weighted by Crippen LogP contribution is 2.35. The van der Waals surface area contributed by atoms with Gasteiger partial charge in [0.1, 0.15) is 12.7 Å². The fourth-order valence-electron chi connectivity index (χ4n) is 4.55. The van der Waals surface area contributed by atoms with E-state index in [0.29, 0.717) is 30.7 Å². The Hall–Kier alpha value is -2.48. The normalized spacial score (nSPS) is 23.3. The van der Waals surface area contributed by atoms with Gasteiger partial charge >= 0.3 is 11.9 Å². The van der Waals surface area contributed by atoms with E-state index in [-0.39, 0.29) is 50.1 Å². The Labute approximate surface area is 209 Å². The molecule has 4 rings (SSSR count). The van der Waals surface area contributed by atoms with E-state index < -0.39 is 5.67 Å². The third kappa shape index (κ3) is 7.03. The second kappa shape index (κ2) is 11.1. The molecule has 0 radical (unpaired) electrons. The van der Waals surface area contributed by atoms with Crippen molar-refractivity contribution in [3.8, 4) is 0 Å². The van der Waals surface area contributed by atoms with Crippen LogP contribution in [0.5, 0.6) is 0 Å². The zero-order valence-electron chi connectivity index (χ0n) is 19.9. The van der Waals surface area contributed by atoms with Gasteiger partial charge in [0.2, 0.25) is 0 Å². The first-order chi connectivity index (χ1) is 16.7. The summed E-state index contributed by atoms with van der Waals surface area (Å²) in [6.07, 6.45) is 0.863. The highest BCUT2D eigenvalue weighted by Gasteiger charge is 2.38. The Bertz CT molecular complexity index is 1050. The lowest BCUT2D eigenvalue weighted by atomic mass is 9.92. The van der Waals surface area contributed by atoms with E-state index in [1.165, 1.54) is 13.8 Å². The molecule has 3 atom stereocenters. The molecule has 0 N–H and O–H groups in total. The van der Waals surface area contributed by atoms with E-state index in [4.69, 9.17) is 30.5 Å². The molecule has 1 unspecified atom stereocenters. The van der Waals surface area contributed by atoms with Crippen molar-refractivity contribution in [3.05, 3.63) is 69.7 Å². The number of ether oxygens (including phenoxy) is 4. The molecular weight excluding hydrogens is 475 g/mol. The number of rotatable bonds is 8. The minimum Gasteiger partial charge on any atom is -0.463 e. The maximum Gasteiger partial charge on any atom is 0.302 e. The van der Waals surface area contributed by atoms with Crippen molar-refractivity contribution in [1.29, 1.82) is 0 Å². The number of benzene rings is 2. The highest BCUT2D eigenvalue weighted by atomic mass is 35.5. The summed E-state index contributed by atoms with van der Waals surface area (Å²) < 4.78 is 36.1. The van der Waals surface area contributed by atoms with Gasteiger partial charge < -0.3 is 18.9 Å². The Morgan fingerprint density at radius 3 is 2.40 bits per heavy atom. The molecule has 0 aromatic heterocycles. The lowest BCUT2D eigenvalue weighted by Gasteiger charge is -2.35. The third-order valence-corrected chi connectivity index (χ3v) is 6.63. The monoisotopic (exact) mass is 504 g/mol. The summed E-state index contributed by atoms with van der Waals surface area (Å²) in [4.78, 5) is 22.8. The average Bonchev–Trinajstić information content (AvgIpc) is 2.79. The van der Waals surface area contributed by atoms with Crippen LogP contribution >= 0.6 is 11.6 Å². The van der Waals surface area contributed by atoms with Crippen LogP contribution < -0.4 is 0 Å². The number of hydrogen-bond donors (Lipinski definition) is 0. The quantitative estimate of drug-likeness (QED) is 0.475. The van der Waals surface area contributed by atoms with Crippen molar-refractivity contribution in [2.75, 3.05) is 19.8 Å². The minimum atomic E-state index is -1.25. The van der Waals surface area contributed by atoms with Crippen LogP contribution in [-0.2, 0) is 41.4 Å². The van der Waals surface area contributed by atoms with E-state index in [2.05, 4.69) is 0 Å². The largest absolute Gasteiger partial charge is 0.463 e. The van der Waals surface area contributed by atoms with Crippen LogP contribution in [0.4, 0.5) is 4.39 Å². The maximum atomic E-state index is 14.3. The highest BCUT2D eigenvalue weighted by molar-refractivity contribution is 6.31. The summed E-state index contributed by atoms with van der Waals surface area (Å²) in [6.45, 7) is 3.13. The summed E-state index contributed by atoms with van der Waals surface area (Å²) in [5.41, 5.74) is 2.58. The van der Waals surface area contributed by atoms with Gasteiger partial charge in [0.25, 0.3) is 0 Å². The van der Waals surface area contributed by atoms with Crippen LogP contribution in [0.1, 0.15) is 55.0 Å². The van der Waals surface area contributed by atoms with Crippen molar-refractivity contribution in [1.82, 2.24) is 0 Å². The van der Waals surface area contributed by atoms with Gasteiger partial charge in [-0.2, -0.15) is 0 Å². The molecule has 6 nitrogen and oxygen atoms in total. The fraction of sp³-hybridized carbons (Fsp3) is 0.481. The van der Waals surface area contributed by atoms with Crippen molar-refractivity contribution in [3.63, 3.8) is 0 Å². The Morgan fingerprint density at radius 1 is 1.06 bits per heavy atom. The number of carbonyl (C=O) groups excluding carboxylic acids is 2. The molecule has 2 aromatic carbocycles. The van der Waals surface area contributed by atoms with E-state index in [0.717, 1.165) is 22.3 Å². The molecular formula is C27H30ClFO6. The lowest BCUT2D eigenvalue weighted by molar-refractivity contribution is -0.169. The van der Waals surface area contributed by atoms with Gasteiger partial charge in [-0.3, -0.25) is 9.59 Å². The second-order valence-corrected chi connectivity index (χ2v) is 9.82. The molecule has 2 saturated heterocycles. The van der Waals surface area contributed by atoms with Crippen LogP contribution in [0, 0.1) is 0 Å². The van der Waals surface area contributed by atoms with Gasteiger partial charge in [0.15, 0.2) is 5.67 Å². The molecule has 0 amide bonds. The van der Waals surface area contributed by atoms with Crippen LogP contribution in [0.2, 0.25) is 5.02 Å². The number of halogens is 2. The van der Waals surface area contributed by atoms with E-state index in [1.807, 2.05) is 42.5 Å². The SMILES string of the molecule is CC(=O)OCC1C[C@H](OC(C)=O)C[C@H](c2ccc(Cl)c(Cc3ccc(CC4(F)COC4)cc3)c2)O1. The predicted molar refractivity (Wildman–Crippen MR) is 128 cm³/mol. The average molecular weight is 505 g/mol. The summed E-state index contributed by atoms with van der Waals surface area (Å²) in [6, 6.07) is 13.6. The minimum absolute atomic E-state index is 0.0999. The molecule has 0 saturated carbocycles. The van der Waals surface area contributed by atoms with E-state index in [9.17, 15) is 14.0 Å². The van der Waals surface area contributed by atoms with Gasteiger partial charge in [-0.15, -0.1) is 0 Å². The van der Waals surface area contributed by atoms with Gasteiger partial charge in [0, 0.05) is 38.1 Å². The third-order valence-electron chi connectivity index (χ3n) is 6.27. The summed E-state index contributed by atoms with van der Waals surface area (Å²) >= 11 is 6.51. The summed E-state index contributed by atoms with van der Waals surface area (Å²) in [5, 5.41) is 0.635. The van der Waals surface area contributed by atoms with Crippen molar-refractivity contribution < 1.29 is 32.9 Å². The molecule has 188 valence electrons. The van der Waals surface area contributed by atoms with E-state index in [1.54, 1.807) is 0 Å². The molecule has 35 heavy (non-hydrogen) atoms. The summed E-state index contributed by atoms with van der Waals surface area (Å²) in [7, 11) is 0. The first-order valence-electron chi connectivity index (χ1n) is 11.8. The molecule has 2 aliphatic rings. The van der Waals surface area contributed by atoms with Crippen molar-refractivity contribution in [2.24, 2.45) is 0 Å². The zero-order valence-corrected chi connectivity index (χ0v) is 20.7. The Morgan fingerprint density at radius 2 is 1.77 bits per heavy atom. The van der Waals surface area contributed by atoms with Gasteiger partial charge in [-0.25, -0.2) is 4.39 Å². The standard InChI is InChI=1S/C27H30ClFO6/c1-17(30)33-14-24-11-23(34-18(2)31)12-26(35-24)21-7-8-25(28)22(10-21)9-19-3-5-20(6-4-19)13-27(29)15-32-16-27/h3-8,10,23-24,26H,9,11-16H2,1-2H3/t23-,24?,26+/m0/s1. The predicted octanol–water partition coefficient (Wildman–Crippen LogP) is 4.93.